The van der Waals surface area contributed by atoms with Crippen molar-refractivity contribution in [3.8, 4) is 5.75 Å². The highest BCUT2D eigenvalue weighted by Gasteiger charge is 2.34. The zero-order valence-electron chi connectivity index (χ0n) is 13.5. The number of hydrogen-bond donors (Lipinski definition) is 1. The summed E-state index contributed by atoms with van der Waals surface area (Å²) < 4.78 is 18.9. The second-order valence-electron chi connectivity index (χ2n) is 6.05. The van der Waals surface area contributed by atoms with E-state index in [1.807, 2.05) is 6.92 Å². The van der Waals surface area contributed by atoms with Crippen molar-refractivity contribution in [2.75, 3.05) is 17.2 Å². The van der Waals surface area contributed by atoms with Crippen LogP contribution >= 0.6 is 0 Å². The number of rotatable bonds is 4. The van der Waals surface area contributed by atoms with Crippen molar-refractivity contribution in [3.63, 3.8) is 0 Å². The summed E-state index contributed by atoms with van der Waals surface area (Å²) in [6.07, 6.45) is -0.291. The van der Waals surface area contributed by atoms with Gasteiger partial charge in [0.25, 0.3) is 5.91 Å². The summed E-state index contributed by atoms with van der Waals surface area (Å²) in [5.74, 6) is 0.150. The van der Waals surface area contributed by atoms with Crippen LogP contribution in [0.15, 0.2) is 54.6 Å². The van der Waals surface area contributed by atoms with Gasteiger partial charge in [-0.2, -0.15) is 0 Å². The highest BCUT2D eigenvalue weighted by molar-refractivity contribution is 6.01. The number of hydrogen-bond acceptors (Lipinski definition) is 3. The average molecular weight is 326 g/mol. The molecule has 0 aromatic heterocycles. The highest BCUT2D eigenvalue weighted by Crippen LogP contribution is 2.36. The number of ether oxygens (including phenoxy) is 1. The zero-order chi connectivity index (χ0) is 17.3. The van der Waals surface area contributed by atoms with Gasteiger partial charge in [0.15, 0.2) is 6.10 Å². The number of nitrogen functional groups attached to an aromatic ring is 1. The summed E-state index contributed by atoms with van der Waals surface area (Å²) in [5.41, 5.74) is 8.75. The van der Waals surface area contributed by atoms with E-state index < -0.39 is 6.10 Å². The maximum Gasteiger partial charge on any atom is 0.268 e. The molecule has 1 unspecified atom stereocenters. The molecule has 1 amide bonds. The standard InChI is InChI=1S/C19H19FN2O2/c1-12(2)11-22-16-10-15(21)7-8-17(16)24-18(19(22)23)9-13-3-5-14(20)6-4-13/h3-8,10,18H,1,9,11,21H2,2H3. The van der Waals surface area contributed by atoms with E-state index >= 15 is 0 Å². The maximum atomic E-state index is 13.1. The molecule has 5 heteroatoms. The smallest absolute Gasteiger partial charge is 0.268 e. The van der Waals surface area contributed by atoms with Crippen LogP contribution in [-0.4, -0.2) is 18.6 Å². The predicted molar refractivity (Wildman–Crippen MR) is 92.5 cm³/mol. The molecule has 1 aliphatic rings. The van der Waals surface area contributed by atoms with E-state index in [9.17, 15) is 9.18 Å². The summed E-state index contributed by atoms with van der Waals surface area (Å²) in [4.78, 5) is 14.5. The molecular formula is C19H19FN2O2. The topological polar surface area (TPSA) is 55.6 Å². The minimum atomic E-state index is -0.661. The Morgan fingerprint density at radius 3 is 2.67 bits per heavy atom. The number of amides is 1. The van der Waals surface area contributed by atoms with E-state index in [4.69, 9.17) is 10.5 Å². The Hall–Kier alpha value is -2.82. The molecule has 0 radical (unpaired) electrons. The molecule has 1 heterocycles. The van der Waals surface area contributed by atoms with Crippen molar-refractivity contribution in [1.29, 1.82) is 0 Å². The first-order valence-electron chi connectivity index (χ1n) is 7.70. The van der Waals surface area contributed by atoms with Crippen LogP contribution in [0.4, 0.5) is 15.8 Å². The number of nitrogens with two attached hydrogens (primary N) is 1. The number of nitrogens with zero attached hydrogens (tertiary/aromatic N) is 1. The van der Waals surface area contributed by atoms with Gasteiger partial charge in [0.1, 0.15) is 11.6 Å². The molecule has 0 aliphatic carbocycles. The molecule has 1 atom stereocenters. The Balaban J connectivity index is 1.92. The van der Waals surface area contributed by atoms with Crippen LogP contribution < -0.4 is 15.4 Å². The molecule has 2 aromatic rings. The van der Waals surface area contributed by atoms with Gasteiger partial charge in [-0.25, -0.2) is 4.39 Å². The van der Waals surface area contributed by atoms with Gasteiger partial charge in [0.05, 0.1) is 5.69 Å². The number of carbonyl (C=O) groups excluding carboxylic acids is 1. The first kappa shape index (κ1) is 16.1. The van der Waals surface area contributed by atoms with E-state index in [0.717, 1.165) is 11.1 Å². The molecule has 0 bridgehead atoms. The summed E-state index contributed by atoms with van der Waals surface area (Å²) in [5, 5.41) is 0. The lowest BCUT2D eigenvalue weighted by molar-refractivity contribution is -0.126. The average Bonchev–Trinajstić information content (AvgIpc) is 2.54. The summed E-state index contributed by atoms with van der Waals surface area (Å²) in [7, 11) is 0. The third kappa shape index (κ3) is 3.25. The summed E-state index contributed by atoms with van der Waals surface area (Å²) in [6, 6.07) is 11.3. The van der Waals surface area contributed by atoms with Crippen molar-refractivity contribution in [2.45, 2.75) is 19.4 Å². The monoisotopic (exact) mass is 326 g/mol. The highest BCUT2D eigenvalue weighted by atomic mass is 19.1. The fourth-order valence-electron chi connectivity index (χ4n) is 2.74. The van der Waals surface area contributed by atoms with Gasteiger partial charge in [-0.15, -0.1) is 0 Å². The van der Waals surface area contributed by atoms with Crippen LogP contribution in [0.1, 0.15) is 12.5 Å². The van der Waals surface area contributed by atoms with Gasteiger partial charge >= 0.3 is 0 Å². The van der Waals surface area contributed by atoms with Gasteiger partial charge in [0.2, 0.25) is 0 Å². The second-order valence-corrected chi connectivity index (χ2v) is 6.05. The van der Waals surface area contributed by atoms with Crippen molar-refractivity contribution < 1.29 is 13.9 Å². The quantitative estimate of drug-likeness (QED) is 0.693. The number of halogens is 1. The SMILES string of the molecule is C=C(C)CN1C(=O)C(Cc2ccc(F)cc2)Oc2ccc(N)cc21. The molecule has 24 heavy (non-hydrogen) atoms. The van der Waals surface area contributed by atoms with E-state index in [2.05, 4.69) is 6.58 Å². The van der Waals surface area contributed by atoms with Crippen molar-refractivity contribution in [2.24, 2.45) is 0 Å². The minimum absolute atomic E-state index is 0.152. The number of carbonyl (C=O) groups is 1. The number of anilines is 2. The first-order valence-corrected chi connectivity index (χ1v) is 7.70. The largest absolute Gasteiger partial charge is 0.478 e. The molecule has 0 saturated heterocycles. The van der Waals surface area contributed by atoms with Gasteiger partial charge < -0.3 is 15.4 Å². The Labute approximate surface area is 140 Å². The van der Waals surface area contributed by atoms with E-state index in [1.54, 1.807) is 35.2 Å². The van der Waals surface area contributed by atoms with Gasteiger partial charge in [-0.3, -0.25) is 4.79 Å². The third-order valence-corrected chi connectivity index (χ3v) is 3.85. The molecule has 2 aromatic carbocycles. The van der Waals surface area contributed by atoms with Crippen LogP contribution in [-0.2, 0) is 11.2 Å². The zero-order valence-corrected chi connectivity index (χ0v) is 13.5. The maximum absolute atomic E-state index is 13.1. The third-order valence-electron chi connectivity index (χ3n) is 3.85. The van der Waals surface area contributed by atoms with E-state index in [0.29, 0.717) is 30.1 Å². The van der Waals surface area contributed by atoms with E-state index in [-0.39, 0.29) is 11.7 Å². The van der Waals surface area contributed by atoms with Crippen LogP contribution in [0.5, 0.6) is 5.75 Å². The molecule has 124 valence electrons. The van der Waals surface area contributed by atoms with Gasteiger partial charge in [-0.05, 0) is 42.8 Å². The fraction of sp³-hybridized carbons (Fsp3) is 0.211. The lowest BCUT2D eigenvalue weighted by Gasteiger charge is -2.34. The van der Waals surface area contributed by atoms with Gasteiger partial charge in [0, 0.05) is 18.7 Å². The lowest BCUT2D eigenvalue weighted by atomic mass is 10.0. The number of fused-ring (bicyclic) bond motifs is 1. The molecule has 0 saturated carbocycles. The predicted octanol–water partition coefficient (Wildman–Crippen LogP) is 3.32. The van der Waals surface area contributed by atoms with Crippen LogP contribution in [0, 0.1) is 5.82 Å². The van der Waals surface area contributed by atoms with Crippen LogP contribution in [0.2, 0.25) is 0 Å². The Bertz CT molecular complexity index is 786. The summed E-state index contributed by atoms with van der Waals surface area (Å²) in [6.45, 7) is 6.16. The fourth-order valence-corrected chi connectivity index (χ4v) is 2.74. The van der Waals surface area contributed by atoms with Crippen molar-refractivity contribution >= 4 is 17.3 Å². The minimum Gasteiger partial charge on any atom is -0.478 e. The summed E-state index contributed by atoms with van der Waals surface area (Å²) >= 11 is 0. The Morgan fingerprint density at radius 2 is 2.00 bits per heavy atom. The van der Waals surface area contributed by atoms with Crippen molar-refractivity contribution in [1.82, 2.24) is 0 Å². The molecular weight excluding hydrogens is 307 g/mol. The van der Waals surface area contributed by atoms with E-state index in [1.165, 1.54) is 12.1 Å². The molecule has 0 fully saturated rings. The second kappa shape index (κ2) is 6.35. The Morgan fingerprint density at radius 1 is 1.29 bits per heavy atom. The lowest BCUT2D eigenvalue weighted by Crippen LogP contribution is -2.47. The molecule has 4 nitrogen and oxygen atoms in total. The molecule has 3 rings (SSSR count). The van der Waals surface area contributed by atoms with Crippen LogP contribution in [0.25, 0.3) is 0 Å². The number of benzene rings is 2. The molecule has 0 spiro atoms. The van der Waals surface area contributed by atoms with Crippen LogP contribution in [0.3, 0.4) is 0 Å². The Kier molecular flexibility index (Phi) is 4.25. The van der Waals surface area contributed by atoms with Crippen molar-refractivity contribution in [3.05, 3.63) is 66.0 Å². The molecule has 2 N–H and O–H groups in total. The van der Waals surface area contributed by atoms with Gasteiger partial charge in [-0.1, -0.05) is 24.3 Å². The first-order chi connectivity index (χ1) is 11.4. The normalized spacial score (nSPS) is 16.5. The molecule has 1 aliphatic heterocycles.